The van der Waals surface area contributed by atoms with E-state index in [1.54, 1.807) is 6.07 Å². The van der Waals surface area contributed by atoms with E-state index in [1.807, 2.05) is 4.90 Å². The molecule has 5 heteroatoms. The average molecular weight is 346 g/mol. The molecule has 2 atom stereocenters. The Morgan fingerprint density at radius 3 is 2.80 bits per heavy atom. The first-order valence-electron chi connectivity index (χ1n) is 9.58. The number of nitrogens with one attached hydrogen (secondary N) is 1. The molecule has 2 aliphatic heterocycles. The van der Waals surface area contributed by atoms with Crippen molar-refractivity contribution in [2.45, 2.75) is 56.4 Å². The van der Waals surface area contributed by atoms with E-state index in [0.29, 0.717) is 6.54 Å². The molecular formula is C20H27FN2O2. The molecular weight excluding hydrogens is 319 g/mol. The molecule has 2 heterocycles. The maximum absolute atomic E-state index is 13.6. The van der Waals surface area contributed by atoms with Gasteiger partial charge in [0.1, 0.15) is 11.6 Å². The fourth-order valence-electron chi connectivity index (χ4n) is 4.89. The number of phenolic OH excluding ortho intramolecular Hbond substituents is 1. The van der Waals surface area contributed by atoms with Crippen LogP contribution in [0.4, 0.5) is 4.39 Å². The summed E-state index contributed by atoms with van der Waals surface area (Å²) in [4.78, 5) is 15.1. The molecule has 4 nitrogen and oxygen atoms in total. The number of likely N-dealkylation sites (tertiary alicyclic amines) is 1. The number of nitrogens with zero attached hydrogens (tertiary/aromatic N) is 1. The van der Waals surface area contributed by atoms with Crippen molar-refractivity contribution in [3.63, 3.8) is 0 Å². The van der Waals surface area contributed by atoms with E-state index < -0.39 is 5.82 Å². The van der Waals surface area contributed by atoms with Crippen LogP contribution in [0.25, 0.3) is 0 Å². The van der Waals surface area contributed by atoms with Crippen molar-refractivity contribution >= 4 is 5.91 Å². The molecule has 1 aliphatic carbocycles. The van der Waals surface area contributed by atoms with Crippen LogP contribution in [0.15, 0.2) is 18.2 Å². The van der Waals surface area contributed by atoms with E-state index in [0.717, 1.165) is 50.4 Å². The number of benzene rings is 1. The van der Waals surface area contributed by atoms with E-state index >= 15 is 0 Å². The highest BCUT2D eigenvalue weighted by Gasteiger charge is 2.44. The quantitative estimate of drug-likeness (QED) is 0.865. The van der Waals surface area contributed by atoms with Gasteiger partial charge in [0.15, 0.2) is 0 Å². The number of hydrogen-bond acceptors (Lipinski definition) is 3. The minimum absolute atomic E-state index is 0.0382. The van der Waals surface area contributed by atoms with Gasteiger partial charge in [-0.15, -0.1) is 0 Å². The van der Waals surface area contributed by atoms with Crippen LogP contribution >= 0.6 is 0 Å². The van der Waals surface area contributed by atoms with Gasteiger partial charge in [-0.1, -0.05) is 0 Å². The predicted molar refractivity (Wildman–Crippen MR) is 93.9 cm³/mol. The summed E-state index contributed by atoms with van der Waals surface area (Å²) in [5.74, 6) is 0.0606. The topological polar surface area (TPSA) is 52.6 Å². The second-order valence-corrected chi connectivity index (χ2v) is 8.12. The predicted octanol–water partition coefficient (Wildman–Crippen LogP) is 3.16. The fourth-order valence-corrected chi connectivity index (χ4v) is 4.89. The van der Waals surface area contributed by atoms with Crippen molar-refractivity contribution in [1.82, 2.24) is 10.2 Å². The second-order valence-electron chi connectivity index (χ2n) is 8.12. The van der Waals surface area contributed by atoms with Gasteiger partial charge in [0, 0.05) is 36.5 Å². The first kappa shape index (κ1) is 16.8. The summed E-state index contributed by atoms with van der Waals surface area (Å²) in [6.07, 6.45) is 7.41. The Hall–Kier alpha value is -1.62. The molecule has 0 radical (unpaired) electrons. The lowest BCUT2D eigenvalue weighted by molar-refractivity contribution is -0.139. The zero-order valence-corrected chi connectivity index (χ0v) is 14.6. The third kappa shape index (κ3) is 3.39. The number of carbonyl (C=O) groups excluding carboxylic acids is 1. The second kappa shape index (κ2) is 6.60. The lowest BCUT2D eigenvalue weighted by Crippen LogP contribution is -2.58. The molecule has 4 rings (SSSR count). The maximum Gasteiger partial charge on any atom is 0.225 e. The summed E-state index contributed by atoms with van der Waals surface area (Å²) in [6, 6.07) is 4.25. The molecule has 136 valence electrons. The van der Waals surface area contributed by atoms with Crippen LogP contribution in [-0.4, -0.2) is 41.1 Å². The average Bonchev–Trinajstić information content (AvgIpc) is 2.59. The standard InChI is InChI=1S/C20H27FN2O2/c21-17-9-16(10-18(24)11-17)15-3-1-8-23(13-15)19(25)14-4-7-22-20(12-14)5-2-6-20/h9-11,14-15,22,24H,1-8,12-13H2. The number of aromatic hydroxyl groups is 1. The van der Waals surface area contributed by atoms with Gasteiger partial charge in [0.05, 0.1) is 0 Å². The van der Waals surface area contributed by atoms with E-state index in [1.165, 1.54) is 25.3 Å². The highest BCUT2D eigenvalue weighted by atomic mass is 19.1. The highest BCUT2D eigenvalue weighted by molar-refractivity contribution is 5.79. The zero-order valence-electron chi connectivity index (χ0n) is 14.6. The molecule has 2 unspecified atom stereocenters. The van der Waals surface area contributed by atoms with Crippen LogP contribution in [0.3, 0.4) is 0 Å². The summed E-state index contributed by atoms with van der Waals surface area (Å²) in [5.41, 5.74) is 1.03. The summed E-state index contributed by atoms with van der Waals surface area (Å²) < 4.78 is 13.6. The number of halogens is 1. The van der Waals surface area contributed by atoms with Gasteiger partial charge in [-0.05, 0) is 69.2 Å². The van der Waals surface area contributed by atoms with Crippen LogP contribution in [0.2, 0.25) is 0 Å². The lowest BCUT2D eigenvalue weighted by Gasteiger charge is -2.49. The number of amides is 1. The Bertz CT molecular complexity index is 639. The van der Waals surface area contributed by atoms with Crippen molar-refractivity contribution in [2.24, 2.45) is 5.92 Å². The number of phenols is 1. The third-order valence-corrected chi connectivity index (χ3v) is 6.40. The zero-order chi connectivity index (χ0) is 17.4. The normalized spacial score (nSPS) is 28.6. The minimum atomic E-state index is -0.413. The Morgan fingerprint density at radius 2 is 2.08 bits per heavy atom. The molecule has 0 bridgehead atoms. The van der Waals surface area contributed by atoms with Gasteiger partial charge in [-0.2, -0.15) is 0 Å². The molecule has 3 aliphatic rings. The van der Waals surface area contributed by atoms with Crippen molar-refractivity contribution in [1.29, 1.82) is 0 Å². The summed E-state index contributed by atoms with van der Waals surface area (Å²) >= 11 is 0. The van der Waals surface area contributed by atoms with Gasteiger partial charge in [-0.25, -0.2) is 4.39 Å². The van der Waals surface area contributed by atoms with Crippen LogP contribution in [0.5, 0.6) is 5.75 Å². The fraction of sp³-hybridized carbons (Fsp3) is 0.650. The van der Waals surface area contributed by atoms with Gasteiger partial charge in [-0.3, -0.25) is 4.79 Å². The van der Waals surface area contributed by atoms with Crippen LogP contribution < -0.4 is 5.32 Å². The van der Waals surface area contributed by atoms with E-state index in [4.69, 9.17) is 0 Å². The molecule has 0 aromatic heterocycles. The monoisotopic (exact) mass is 346 g/mol. The van der Waals surface area contributed by atoms with Crippen molar-refractivity contribution < 1.29 is 14.3 Å². The number of hydrogen-bond donors (Lipinski definition) is 2. The highest BCUT2D eigenvalue weighted by Crippen LogP contribution is 2.41. The molecule has 1 spiro atoms. The first-order chi connectivity index (χ1) is 12.0. The van der Waals surface area contributed by atoms with Crippen LogP contribution in [-0.2, 0) is 4.79 Å². The van der Waals surface area contributed by atoms with Gasteiger partial charge in [0.25, 0.3) is 0 Å². The molecule has 1 aromatic carbocycles. The summed E-state index contributed by atoms with van der Waals surface area (Å²) in [7, 11) is 0. The largest absolute Gasteiger partial charge is 0.508 e. The minimum Gasteiger partial charge on any atom is -0.508 e. The molecule has 2 N–H and O–H groups in total. The van der Waals surface area contributed by atoms with E-state index in [9.17, 15) is 14.3 Å². The van der Waals surface area contributed by atoms with Crippen molar-refractivity contribution in [3.05, 3.63) is 29.6 Å². The number of carbonyl (C=O) groups is 1. The smallest absolute Gasteiger partial charge is 0.225 e. The van der Waals surface area contributed by atoms with Gasteiger partial charge < -0.3 is 15.3 Å². The van der Waals surface area contributed by atoms with Crippen molar-refractivity contribution in [3.8, 4) is 5.75 Å². The Labute approximate surface area is 148 Å². The SMILES string of the molecule is O=C(C1CCNC2(CCC2)C1)N1CCCC(c2cc(O)cc(F)c2)C1. The lowest BCUT2D eigenvalue weighted by atomic mass is 9.68. The third-order valence-electron chi connectivity index (χ3n) is 6.40. The van der Waals surface area contributed by atoms with Crippen molar-refractivity contribution in [2.75, 3.05) is 19.6 Å². The molecule has 3 fully saturated rings. The maximum atomic E-state index is 13.6. The van der Waals surface area contributed by atoms with Crippen LogP contribution in [0, 0.1) is 11.7 Å². The van der Waals surface area contributed by atoms with Gasteiger partial charge in [0.2, 0.25) is 5.91 Å². The van der Waals surface area contributed by atoms with Gasteiger partial charge >= 0.3 is 0 Å². The molecule has 1 saturated carbocycles. The Morgan fingerprint density at radius 1 is 1.24 bits per heavy atom. The first-order valence-corrected chi connectivity index (χ1v) is 9.58. The molecule has 25 heavy (non-hydrogen) atoms. The molecule has 1 amide bonds. The summed E-state index contributed by atoms with van der Waals surface area (Å²) in [6.45, 7) is 2.37. The van der Waals surface area contributed by atoms with E-state index in [2.05, 4.69) is 5.32 Å². The van der Waals surface area contributed by atoms with E-state index in [-0.39, 0.29) is 29.0 Å². The summed E-state index contributed by atoms with van der Waals surface area (Å²) in [5, 5.41) is 13.3. The number of piperidine rings is 2. The number of rotatable bonds is 2. The van der Waals surface area contributed by atoms with Crippen LogP contribution in [0.1, 0.15) is 56.4 Å². The Kier molecular flexibility index (Phi) is 4.44. The molecule has 2 saturated heterocycles. The molecule has 1 aromatic rings. The Balaban J connectivity index is 1.44.